The first-order chi connectivity index (χ1) is 10.9. The van der Waals surface area contributed by atoms with E-state index in [9.17, 15) is 0 Å². The van der Waals surface area contributed by atoms with Crippen LogP contribution < -0.4 is 15.9 Å². The van der Waals surface area contributed by atoms with Crippen molar-refractivity contribution in [1.29, 1.82) is 0 Å². The quantitative estimate of drug-likeness (QED) is 0.606. The zero-order valence-corrected chi connectivity index (χ0v) is 13.9. The predicted molar refractivity (Wildman–Crippen MR) is 101 cm³/mol. The van der Waals surface area contributed by atoms with Crippen molar-refractivity contribution in [3.63, 3.8) is 0 Å². The van der Waals surface area contributed by atoms with E-state index in [1.165, 1.54) is 21.4 Å². The molecular formula is C20H18ClP. The highest BCUT2D eigenvalue weighted by Gasteiger charge is 2.14. The summed E-state index contributed by atoms with van der Waals surface area (Å²) in [5.41, 5.74) is 1.22. The molecule has 3 aromatic rings. The summed E-state index contributed by atoms with van der Waals surface area (Å²) in [6, 6.07) is 32.3. The molecule has 3 aromatic carbocycles. The molecule has 0 aromatic heterocycles. The van der Waals surface area contributed by atoms with E-state index in [0.717, 1.165) is 0 Å². The lowest BCUT2D eigenvalue weighted by Gasteiger charge is -2.18. The van der Waals surface area contributed by atoms with Gasteiger partial charge in [0.1, 0.15) is 0 Å². The Balaban J connectivity index is 0.000000545. The smallest absolute Gasteiger partial charge is 0.00296 e. The molecule has 0 fully saturated rings. The molecule has 0 spiro atoms. The second kappa shape index (κ2) is 9.20. The second-order valence-corrected chi connectivity index (χ2v) is 7.02. The van der Waals surface area contributed by atoms with Crippen molar-refractivity contribution in [1.82, 2.24) is 0 Å². The van der Waals surface area contributed by atoms with Gasteiger partial charge in [-0.3, -0.25) is 0 Å². The summed E-state index contributed by atoms with van der Waals surface area (Å²) >= 11 is 4.76. The van der Waals surface area contributed by atoms with Gasteiger partial charge in [0.2, 0.25) is 0 Å². The molecule has 0 bridgehead atoms. The standard InChI is InChI=1S/C18H15P.C2H3Cl/c1-4-10-16(11-5-1)19(17-12-6-2-7-13-17)18-14-8-3-9-15-18;1-2-3/h1-15H;2H,1H2. The van der Waals surface area contributed by atoms with Gasteiger partial charge >= 0.3 is 0 Å². The average Bonchev–Trinajstić information content (AvgIpc) is 2.59. The van der Waals surface area contributed by atoms with E-state index in [-0.39, 0.29) is 0 Å². The summed E-state index contributed by atoms with van der Waals surface area (Å²) in [6.07, 6.45) is 0. The fraction of sp³-hybridized carbons (Fsp3) is 0. The Kier molecular flexibility index (Phi) is 6.90. The third-order valence-electron chi connectivity index (χ3n) is 3.04. The van der Waals surface area contributed by atoms with Crippen LogP contribution in [-0.2, 0) is 0 Å². The van der Waals surface area contributed by atoms with Crippen molar-refractivity contribution in [2.75, 3.05) is 0 Å². The topological polar surface area (TPSA) is 0 Å². The molecule has 3 rings (SSSR count). The highest BCUT2D eigenvalue weighted by Crippen LogP contribution is 2.32. The predicted octanol–water partition coefficient (Wildman–Crippen LogP) is 4.81. The largest absolute Gasteiger partial charge is 0.0936 e. The Bertz CT molecular complexity index is 572. The van der Waals surface area contributed by atoms with Gasteiger partial charge in [-0.15, -0.1) is 0 Å². The zero-order chi connectivity index (χ0) is 15.6. The molecule has 0 saturated heterocycles. The first kappa shape index (κ1) is 16.5. The van der Waals surface area contributed by atoms with Gasteiger partial charge in [0.25, 0.3) is 0 Å². The highest BCUT2D eigenvalue weighted by atomic mass is 35.5. The summed E-state index contributed by atoms with van der Waals surface area (Å²) in [6.45, 7) is 3.13. The SMILES string of the molecule is C=CCl.c1ccc(P(c2ccccc2)c2ccccc2)cc1. The molecule has 0 nitrogen and oxygen atoms in total. The van der Waals surface area contributed by atoms with Gasteiger partial charge < -0.3 is 0 Å². The molecule has 0 unspecified atom stereocenters. The average molecular weight is 325 g/mol. The Hall–Kier alpha value is -1.88. The summed E-state index contributed by atoms with van der Waals surface area (Å²) < 4.78 is 0. The summed E-state index contributed by atoms with van der Waals surface area (Å²) in [7, 11) is -0.446. The molecule has 0 aliphatic rings. The summed E-state index contributed by atoms with van der Waals surface area (Å²) in [5, 5.41) is 4.19. The number of benzene rings is 3. The van der Waals surface area contributed by atoms with Crippen LogP contribution in [0.25, 0.3) is 0 Å². The molecule has 110 valence electrons. The van der Waals surface area contributed by atoms with E-state index in [1.54, 1.807) is 0 Å². The Labute approximate surface area is 138 Å². The molecule has 0 atom stereocenters. The number of rotatable bonds is 3. The van der Waals surface area contributed by atoms with Gasteiger partial charge in [0.15, 0.2) is 0 Å². The lowest BCUT2D eigenvalue weighted by atomic mass is 10.4. The molecule has 0 heterocycles. The van der Waals surface area contributed by atoms with Crippen molar-refractivity contribution < 1.29 is 0 Å². The van der Waals surface area contributed by atoms with Crippen LogP contribution in [0.4, 0.5) is 0 Å². The minimum Gasteiger partial charge on any atom is -0.0936 e. The van der Waals surface area contributed by atoms with E-state index in [1.807, 2.05) is 0 Å². The molecule has 0 aliphatic carbocycles. The first-order valence-corrected chi connectivity index (χ1v) is 8.81. The molecule has 0 amide bonds. The van der Waals surface area contributed by atoms with Crippen molar-refractivity contribution in [2.45, 2.75) is 0 Å². The fourth-order valence-corrected chi connectivity index (χ4v) is 4.48. The van der Waals surface area contributed by atoms with Crippen LogP contribution in [0.2, 0.25) is 0 Å². The van der Waals surface area contributed by atoms with Gasteiger partial charge in [0.05, 0.1) is 0 Å². The molecule has 2 heteroatoms. The van der Waals surface area contributed by atoms with E-state index in [0.29, 0.717) is 0 Å². The lowest BCUT2D eigenvalue weighted by Crippen LogP contribution is -2.20. The maximum absolute atomic E-state index is 4.76. The van der Waals surface area contributed by atoms with Crippen molar-refractivity contribution >= 4 is 35.4 Å². The molecule has 0 saturated carbocycles. The zero-order valence-electron chi connectivity index (χ0n) is 12.3. The van der Waals surface area contributed by atoms with Gasteiger partial charge in [-0.2, -0.15) is 0 Å². The van der Waals surface area contributed by atoms with E-state index >= 15 is 0 Å². The summed E-state index contributed by atoms with van der Waals surface area (Å²) in [5.74, 6) is 0. The molecule has 0 aliphatic heterocycles. The Morgan fingerprint density at radius 1 is 0.591 bits per heavy atom. The molecule has 22 heavy (non-hydrogen) atoms. The minimum atomic E-state index is -0.446. The van der Waals surface area contributed by atoms with E-state index in [4.69, 9.17) is 11.6 Å². The normalized spacial score (nSPS) is 9.73. The number of hydrogen-bond donors (Lipinski definition) is 0. The Morgan fingerprint density at radius 2 is 0.818 bits per heavy atom. The number of hydrogen-bond acceptors (Lipinski definition) is 0. The van der Waals surface area contributed by atoms with Crippen LogP contribution in [0.5, 0.6) is 0 Å². The summed E-state index contributed by atoms with van der Waals surface area (Å²) in [4.78, 5) is 0. The lowest BCUT2D eigenvalue weighted by molar-refractivity contribution is 1.74. The van der Waals surface area contributed by atoms with Crippen LogP contribution in [0.1, 0.15) is 0 Å². The first-order valence-electron chi connectivity index (χ1n) is 7.03. The fourth-order valence-electron chi connectivity index (χ4n) is 2.18. The molecule has 0 N–H and O–H groups in total. The third kappa shape index (κ3) is 4.56. The van der Waals surface area contributed by atoms with Gasteiger partial charge in [-0.1, -0.05) is 109 Å². The third-order valence-corrected chi connectivity index (χ3v) is 5.49. The maximum Gasteiger partial charge on any atom is -0.00296 e. The van der Waals surface area contributed by atoms with Crippen molar-refractivity contribution in [3.8, 4) is 0 Å². The number of halogens is 1. The van der Waals surface area contributed by atoms with Gasteiger partial charge in [0, 0.05) is 0 Å². The second-order valence-electron chi connectivity index (χ2n) is 4.50. The van der Waals surface area contributed by atoms with Crippen LogP contribution >= 0.6 is 19.5 Å². The monoisotopic (exact) mass is 324 g/mol. The maximum atomic E-state index is 4.76. The van der Waals surface area contributed by atoms with Gasteiger partial charge in [-0.25, -0.2) is 0 Å². The molecular weight excluding hydrogens is 307 g/mol. The van der Waals surface area contributed by atoms with Crippen LogP contribution in [0.15, 0.2) is 103 Å². The highest BCUT2D eigenvalue weighted by molar-refractivity contribution is 7.79. The van der Waals surface area contributed by atoms with E-state index < -0.39 is 7.92 Å². The van der Waals surface area contributed by atoms with Crippen LogP contribution in [0.3, 0.4) is 0 Å². The Morgan fingerprint density at radius 3 is 1.05 bits per heavy atom. The van der Waals surface area contributed by atoms with Gasteiger partial charge in [-0.05, 0) is 29.4 Å². The van der Waals surface area contributed by atoms with Crippen molar-refractivity contribution in [2.24, 2.45) is 0 Å². The van der Waals surface area contributed by atoms with Crippen LogP contribution in [0, 0.1) is 0 Å². The van der Waals surface area contributed by atoms with Crippen LogP contribution in [-0.4, -0.2) is 0 Å². The molecule has 0 radical (unpaired) electrons. The minimum absolute atomic E-state index is 0.446. The van der Waals surface area contributed by atoms with E-state index in [2.05, 4.69) is 97.6 Å². The van der Waals surface area contributed by atoms with Crippen molar-refractivity contribution in [3.05, 3.63) is 103 Å².